The Bertz CT molecular complexity index is 600. The highest BCUT2D eigenvalue weighted by Gasteiger charge is 2.30. The molecule has 1 aliphatic rings. The molecule has 0 radical (unpaired) electrons. The molecule has 0 aromatic heterocycles. The quantitative estimate of drug-likeness (QED) is 0.863. The molecule has 2 unspecified atom stereocenters. The Balaban J connectivity index is 1.80. The van der Waals surface area contributed by atoms with Gasteiger partial charge in [0.2, 0.25) is 0 Å². The number of hydrogen-bond acceptors (Lipinski definition) is 1. The summed E-state index contributed by atoms with van der Waals surface area (Å²) in [6, 6.07) is 14.9. The van der Waals surface area contributed by atoms with Crippen molar-refractivity contribution in [3.05, 3.63) is 70.3 Å². The van der Waals surface area contributed by atoms with Gasteiger partial charge in [0.25, 0.3) is 0 Å². The van der Waals surface area contributed by atoms with Gasteiger partial charge >= 0.3 is 0 Å². The van der Waals surface area contributed by atoms with Crippen LogP contribution in [0.15, 0.2) is 42.5 Å². The smallest absolute Gasteiger partial charge is 0.0827 e. The Labute approximate surface area is 114 Å². The van der Waals surface area contributed by atoms with E-state index in [1.807, 2.05) is 6.07 Å². The zero-order valence-electron chi connectivity index (χ0n) is 11.6. The van der Waals surface area contributed by atoms with Crippen LogP contribution < -0.4 is 0 Å². The number of rotatable bonds is 2. The van der Waals surface area contributed by atoms with E-state index < -0.39 is 0 Å². The lowest BCUT2D eigenvalue weighted by Crippen LogP contribution is -2.10. The third kappa shape index (κ3) is 2.31. The minimum Gasteiger partial charge on any atom is -0.388 e. The second-order valence-electron chi connectivity index (χ2n) is 5.73. The van der Waals surface area contributed by atoms with Crippen LogP contribution in [0.5, 0.6) is 0 Å². The van der Waals surface area contributed by atoms with Crippen molar-refractivity contribution in [3.8, 4) is 0 Å². The summed E-state index contributed by atoms with van der Waals surface area (Å²) in [6.07, 6.45) is 1.64. The Morgan fingerprint density at radius 1 is 1.05 bits per heavy atom. The van der Waals surface area contributed by atoms with E-state index in [9.17, 15) is 5.11 Å². The summed E-state index contributed by atoms with van der Waals surface area (Å²) in [7, 11) is 0. The number of aliphatic hydroxyl groups is 1. The van der Waals surface area contributed by atoms with Gasteiger partial charge in [0.15, 0.2) is 0 Å². The van der Waals surface area contributed by atoms with Gasteiger partial charge in [-0.05, 0) is 60.4 Å². The molecule has 1 nitrogen and oxygen atoms in total. The van der Waals surface area contributed by atoms with E-state index in [0.717, 1.165) is 18.4 Å². The summed E-state index contributed by atoms with van der Waals surface area (Å²) >= 11 is 0. The summed E-state index contributed by atoms with van der Waals surface area (Å²) < 4.78 is 0. The van der Waals surface area contributed by atoms with E-state index in [0.29, 0.717) is 5.92 Å². The largest absolute Gasteiger partial charge is 0.388 e. The molecule has 19 heavy (non-hydrogen) atoms. The van der Waals surface area contributed by atoms with E-state index in [4.69, 9.17) is 0 Å². The molecule has 1 aliphatic carbocycles. The molecule has 0 aliphatic heterocycles. The number of aryl methyl sites for hydroxylation is 2. The topological polar surface area (TPSA) is 20.2 Å². The lowest BCUT2D eigenvalue weighted by atomic mass is 9.93. The highest BCUT2D eigenvalue weighted by Crippen LogP contribution is 2.37. The third-order valence-corrected chi connectivity index (χ3v) is 4.37. The minimum atomic E-state index is -0.308. The van der Waals surface area contributed by atoms with Gasteiger partial charge in [0, 0.05) is 0 Å². The van der Waals surface area contributed by atoms with Crippen LogP contribution >= 0.6 is 0 Å². The standard InChI is InChI=1S/C18H20O/c1-12-7-8-14(9-13(12)2)10-16-11-15-5-3-4-6-17(15)18(16)19/h3-9,16,18-19H,10-11H2,1-2H3. The summed E-state index contributed by atoms with van der Waals surface area (Å²) in [4.78, 5) is 0. The first-order chi connectivity index (χ1) is 9.15. The minimum absolute atomic E-state index is 0.308. The van der Waals surface area contributed by atoms with Crippen LogP contribution in [0.25, 0.3) is 0 Å². The molecule has 98 valence electrons. The molecule has 2 aromatic carbocycles. The van der Waals surface area contributed by atoms with Crippen molar-refractivity contribution in [3.63, 3.8) is 0 Å². The van der Waals surface area contributed by atoms with Gasteiger partial charge in [-0.1, -0.05) is 42.5 Å². The van der Waals surface area contributed by atoms with Gasteiger partial charge in [-0.15, -0.1) is 0 Å². The predicted molar refractivity (Wildman–Crippen MR) is 78.2 cm³/mol. The molecule has 0 heterocycles. The third-order valence-electron chi connectivity index (χ3n) is 4.37. The summed E-state index contributed by atoms with van der Waals surface area (Å²) in [5.74, 6) is 0.319. The van der Waals surface area contributed by atoms with Crippen LogP contribution in [0.3, 0.4) is 0 Å². The zero-order valence-corrected chi connectivity index (χ0v) is 11.6. The normalized spacial score (nSPS) is 21.4. The van der Waals surface area contributed by atoms with Crippen molar-refractivity contribution in [2.24, 2.45) is 5.92 Å². The Morgan fingerprint density at radius 3 is 2.58 bits per heavy atom. The first kappa shape index (κ1) is 12.4. The highest BCUT2D eigenvalue weighted by molar-refractivity contribution is 5.36. The molecule has 3 rings (SSSR count). The fourth-order valence-corrected chi connectivity index (χ4v) is 3.07. The second-order valence-corrected chi connectivity index (χ2v) is 5.73. The maximum absolute atomic E-state index is 10.4. The molecule has 0 amide bonds. The van der Waals surface area contributed by atoms with Gasteiger partial charge in [-0.3, -0.25) is 0 Å². The van der Waals surface area contributed by atoms with Crippen LogP contribution in [0.1, 0.15) is 33.9 Å². The fraction of sp³-hybridized carbons (Fsp3) is 0.333. The molecule has 0 spiro atoms. The van der Waals surface area contributed by atoms with Crippen molar-refractivity contribution >= 4 is 0 Å². The number of fused-ring (bicyclic) bond motifs is 1. The fourth-order valence-electron chi connectivity index (χ4n) is 3.07. The summed E-state index contributed by atoms with van der Waals surface area (Å²) in [5.41, 5.74) is 6.43. The van der Waals surface area contributed by atoms with Gasteiger partial charge < -0.3 is 5.11 Å². The van der Waals surface area contributed by atoms with Crippen LogP contribution in [-0.2, 0) is 12.8 Å². The van der Waals surface area contributed by atoms with Gasteiger partial charge in [0.1, 0.15) is 0 Å². The molecule has 0 saturated heterocycles. The van der Waals surface area contributed by atoms with Gasteiger partial charge in [0.05, 0.1) is 6.10 Å². The van der Waals surface area contributed by atoms with Crippen molar-refractivity contribution in [1.29, 1.82) is 0 Å². The average Bonchev–Trinajstić information content (AvgIpc) is 2.72. The lowest BCUT2D eigenvalue weighted by molar-refractivity contribution is 0.123. The monoisotopic (exact) mass is 252 g/mol. The zero-order chi connectivity index (χ0) is 13.4. The number of aliphatic hydroxyl groups excluding tert-OH is 1. The van der Waals surface area contributed by atoms with Crippen molar-refractivity contribution < 1.29 is 5.11 Å². The molecule has 2 atom stereocenters. The van der Waals surface area contributed by atoms with Crippen molar-refractivity contribution in [1.82, 2.24) is 0 Å². The second kappa shape index (κ2) is 4.82. The average molecular weight is 252 g/mol. The first-order valence-corrected chi connectivity index (χ1v) is 6.97. The predicted octanol–water partition coefficient (Wildman–Crippen LogP) is 3.75. The van der Waals surface area contributed by atoms with Crippen LogP contribution in [0, 0.1) is 19.8 Å². The highest BCUT2D eigenvalue weighted by atomic mass is 16.3. The van der Waals surface area contributed by atoms with Gasteiger partial charge in [-0.25, -0.2) is 0 Å². The molecule has 1 N–H and O–H groups in total. The maximum Gasteiger partial charge on any atom is 0.0827 e. The molecular weight excluding hydrogens is 232 g/mol. The Hall–Kier alpha value is -1.60. The SMILES string of the molecule is Cc1ccc(CC2Cc3ccccc3C2O)cc1C. The van der Waals surface area contributed by atoms with E-state index in [2.05, 4.69) is 50.2 Å². The maximum atomic E-state index is 10.4. The molecular formula is C18H20O. The Morgan fingerprint density at radius 2 is 1.84 bits per heavy atom. The van der Waals surface area contributed by atoms with Crippen LogP contribution in [0.4, 0.5) is 0 Å². The van der Waals surface area contributed by atoms with Crippen molar-refractivity contribution in [2.75, 3.05) is 0 Å². The summed E-state index contributed by atoms with van der Waals surface area (Å²) in [5, 5.41) is 10.4. The van der Waals surface area contributed by atoms with E-state index in [1.54, 1.807) is 0 Å². The van der Waals surface area contributed by atoms with Crippen LogP contribution in [-0.4, -0.2) is 5.11 Å². The molecule has 0 fully saturated rings. The number of benzene rings is 2. The van der Waals surface area contributed by atoms with E-state index >= 15 is 0 Å². The van der Waals surface area contributed by atoms with E-state index in [-0.39, 0.29) is 6.10 Å². The molecule has 1 heteroatoms. The molecule has 0 bridgehead atoms. The van der Waals surface area contributed by atoms with Crippen LogP contribution in [0.2, 0.25) is 0 Å². The molecule has 2 aromatic rings. The Kier molecular flexibility index (Phi) is 3.16. The number of hydrogen-bond donors (Lipinski definition) is 1. The van der Waals surface area contributed by atoms with Gasteiger partial charge in [-0.2, -0.15) is 0 Å². The van der Waals surface area contributed by atoms with E-state index in [1.165, 1.54) is 22.3 Å². The first-order valence-electron chi connectivity index (χ1n) is 6.97. The summed E-state index contributed by atoms with van der Waals surface area (Å²) in [6.45, 7) is 4.29. The lowest BCUT2D eigenvalue weighted by Gasteiger charge is -2.15. The van der Waals surface area contributed by atoms with Crippen molar-refractivity contribution in [2.45, 2.75) is 32.8 Å². The molecule has 0 saturated carbocycles.